The van der Waals surface area contributed by atoms with Gasteiger partial charge in [0.1, 0.15) is 6.33 Å². The van der Waals surface area contributed by atoms with Crippen LogP contribution in [0, 0.1) is 5.92 Å². The second-order valence-corrected chi connectivity index (χ2v) is 6.24. The van der Waals surface area contributed by atoms with E-state index in [1.54, 1.807) is 12.4 Å². The molecular formula is C10H14N2O3S. The van der Waals surface area contributed by atoms with Gasteiger partial charge in [-0.2, -0.15) is 0 Å². The van der Waals surface area contributed by atoms with Crippen LogP contribution < -0.4 is 4.74 Å². The largest absolute Gasteiger partial charge is 0.490 e. The van der Waals surface area contributed by atoms with Crippen LogP contribution in [0.5, 0.6) is 5.75 Å². The predicted molar refractivity (Wildman–Crippen MR) is 58.9 cm³/mol. The highest BCUT2D eigenvalue weighted by atomic mass is 32.2. The summed E-state index contributed by atoms with van der Waals surface area (Å²) < 4.78 is 28.2. The minimum atomic E-state index is -2.85. The minimum absolute atomic E-state index is 0.0963. The highest BCUT2D eigenvalue weighted by molar-refractivity contribution is 7.91. The molecule has 0 aliphatic carbocycles. The molecular weight excluding hydrogens is 228 g/mol. The molecule has 0 spiro atoms. The molecule has 1 aliphatic heterocycles. The lowest BCUT2D eigenvalue weighted by Crippen LogP contribution is -2.29. The van der Waals surface area contributed by atoms with Crippen molar-refractivity contribution in [1.82, 2.24) is 9.97 Å². The van der Waals surface area contributed by atoms with Gasteiger partial charge in [-0.25, -0.2) is 18.4 Å². The molecule has 6 heteroatoms. The summed E-state index contributed by atoms with van der Waals surface area (Å²) >= 11 is 0. The number of hydrogen-bond donors (Lipinski definition) is 0. The van der Waals surface area contributed by atoms with Crippen molar-refractivity contribution in [2.75, 3.05) is 18.1 Å². The van der Waals surface area contributed by atoms with Crippen LogP contribution in [0.15, 0.2) is 18.7 Å². The summed E-state index contributed by atoms with van der Waals surface area (Å²) in [6.45, 7) is 0.423. The Bertz CT molecular complexity index is 433. The monoisotopic (exact) mass is 242 g/mol. The molecule has 1 fully saturated rings. The maximum absolute atomic E-state index is 11.4. The quantitative estimate of drug-likeness (QED) is 0.779. The van der Waals surface area contributed by atoms with E-state index in [1.165, 1.54) is 6.33 Å². The Labute approximate surface area is 94.8 Å². The zero-order chi connectivity index (χ0) is 11.4. The van der Waals surface area contributed by atoms with Crippen molar-refractivity contribution in [2.24, 2.45) is 5.92 Å². The van der Waals surface area contributed by atoms with Gasteiger partial charge < -0.3 is 4.74 Å². The van der Waals surface area contributed by atoms with Crippen molar-refractivity contribution >= 4 is 9.84 Å². The fourth-order valence-corrected chi connectivity index (χ4v) is 3.58. The second kappa shape index (κ2) is 4.78. The highest BCUT2D eigenvalue weighted by Crippen LogP contribution is 2.19. The van der Waals surface area contributed by atoms with E-state index in [9.17, 15) is 8.42 Å². The summed E-state index contributed by atoms with van der Waals surface area (Å²) in [6.07, 6.45) is 6.22. The van der Waals surface area contributed by atoms with E-state index in [0.29, 0.717) is 18.1 Å². The molecule has 2 rings (SSSR count). The fourth-order valence-electron chi connectivity index (χ4n) is 1.82. The van der Waals surface area contributed by atoms with Gasteiger partial charge in [-0.3, -0.25) is 0 Å². The van der Waals surface area contributed by atoms with Crippen LogP contribution in [0.1, 0.15) is 12.8 Å². The molecule has 0 amide bonds. The highest BCUT2D eigenvalue weighted by Gasteiger charge is 2.25. The molecule has 1 aromatic rings. The molecule has 0 N–H and O–H groups in total. The van der Waals surface area contributed by atoms with Crippen LogP contribution in [0.3, 0.4) is 0 Å². The van der Waals surface area contributed by atoms with Gasteiger partial charge in [-0.1, -0.05) is 0 Å². The van der Waals surface area contributed by atoms with Crippen LogP contribution in [-0.2, 0) is 9.84 Å². The van der Waals surface area contributed by atoms with Gasteiger partial charge in [0, 0.05) is 5.92 Å². The fraction of sp³-hybridized carbons (Fsp3) is 0.600. The smallest absolute Gasteiger partial charge is 0.155 e. The summed E-state index contributed by atoms with van der Waals surface area (Å²) in [5, 5.41) is 0. The summed E-state index contributed by atoms with van der Waals surface area (Å²) in [5.41, 5.74) is 0. The lowest BCUT2D eigenvalue weighted by molar-refractivity contribution is 0.247. The molecule has 1 atom stereocenters. The summed E-state index contributed by atoms with van der Waals surface area (Å²) in [6, 6.07) is 0. The lowest BCUT2D eigenvalue weighted by atomic mass is 10.1. The third-order valence-corrected chi connectivity index (χ3v) is 4.47. The third-order valence-electron chi connectivity index (χ3n) is 2.58. The number of sulfone groups is 1. The van der Waals surface area contributed by atoms with Crippen LogP contribution in [0.4, 0.5) is 0 Å². The first-order valence-electron chi connectivity index (χ1n) is 5.24. The molecule has 2 heterocycles. The summed E-state index contributed by atoms with van der Waals surface area (Å²) in [7, 11) is -2.85. The molecule has 0 bridgehead atoms. The van der Waals surface area contributed by atoms with Gasteiger partial charge >= 0.3 is 0 Å². The Morgan fingerprint density at radius 2 is 2.12 bits per heavy atom. The number of hydrogen-bond acceptors (Lipinski definition) is 5. The molecule has 0 aromatic carbocycles. The van der Waals surface area contributed by atoms with Gasteiger partial charge in [0.15, 0.2) is 15.6 Å². The Kier molecular flexibility index (Phi) is 3.38. The number of ether oxygens (including phenoxy) is 1. The number of aromatic nitrogens is 2. The van der Waals surface area contributed by atoms with Crippen molar-refractivity contribution in [2.45, 2.75) is 12.8 Å². The van der Waals surface area contributed by atoms with Crippen molar-refractivity contribution in [3.05, 3.63) is 18.7 Å². The molecule has 5 nitrogen and oxygen atoms in total. The Hall–Kier alpha value is -1.17. The van der Waals surface area contributed by atoms with Gasteiger partial charge in [0.05, 0.1) is 30.5 Å². The molecule has 1 aromatic heterocycles. The molecule has 1 unspecified atom stereocenters. The number of nitrogens with zero attached hydrogens (tertiary/aromatic N) is 2. The van der Waals surface area contributed by atoms with Gasteiger partial charge in [-0.15, -0.1) is 0 Å². The SMILES string of the molecule is O=S1(=O)CCCC(COc2cncnc2)C1. The van der Waals surface area contributed by atoms with E-state index < -0.39 is 9.84 Å². The zero-order valence-electron chi connectivity index (χ0n) is 8.87. The van der Waals surface area contributed by atoms with Gasteiger partial charge in [0.25, 0.3) is 0 Å². The Balaban J connectivity index is 1.87. The van der Waals surface area contributed by atoms with Crippen molar-refractivity contribution in [1.29, 1.82) is 0 Å². The molecule has 0 saturated carbocycles. The van der Waals surface area contributed by atoms with E-state index >= 15 is 0 Å². The van der Waals surface area contributed by atoms with Crippen LogP contribution in [0.25, 0.3) is 0 Å². The lowest BCUT2D eigenvalue weighted by Gasteiger charge is -2.21. The molecule has 1 aliphatic rings. The first-order chi connectivity index (χ1) is 7.66. The minimum Gasteiger partial charge on any atom is -0.490 e. The van der Waals surface area contributed by atoms with Crippen LogP contribution in [0.2, 0.25) is 0 Å². The van der Waals surface area contributed by atoms with Gasteiger partial charge in [-0.05, 0) is 12.8 Å². The predicted octanol–water partition coefficient (Wildman–Crippen LogP) is 0.680. The van der Waals surface area contributed by atoms with Crippen LogP contribution >= 0.6 is 0 Å². The first-order valence-corrected chi connectivity index (χ1v) is 7.06. The van der Waals surface area contributed by atoms with E-state index in [2.05, 4.69) is 9.97 Å². The average Bonchev–Trinajstić information content (AvgIpc) is 2.27. The third kappa shape index (κ3) is 3.16. The van der Waals surface area contributed by atoms with Crippen molar-refractivity contribution in [3.63, 3.8) is 0 Å². The molecule has 0 radical (unpaired) electrons. The maximum Gasteiger partial charge on any atom is 0.155 e. The second-order valence-electron chi connectivity index (χ2n) is 4.01. The Morgan fingerprint density at radius 1 is 1.38 bits per heavy atom. The topological polar surface area (TPSA) is 69.2 Å². The zero-order valence-corrected chi connectivity index (χ0v) is 9.69. The maximum atomic E-state index is 11.4. The number of rotatable bonds is 3. The van der Waals surface area contributed by atoms with E-state index in [1.807, 2.05) is 0 Å². The van der Waals surface area contributed by atoms with E-state index in [-0.39, 0.29) is 11.7 Å². The molecule has 1 saturated heterocycles. The standard InChI is InChI=1S/C10H14N2O3S/c13-16(14)3-1-2-9(7-16)6-15-10-4-11-8-12-5-10/h4-5,8-9H,1-3,6-7H2. The van der Waals surface area contributed by atoms with Gasteiger partial charge in [0.2, 0.25) is 0 Å². The normalized spacial score (nSPS) is 23.9. The summed E-state index contributed by atoms with van der Waals surface area (Å²) in [5.74, 6) is 1.24. The van der Waals surface area contributed by atoms with Crippen LogP contribution in [-0.4, -0.2) is 36.5 Å². The van der Waals surface area contributed by atoms with E-state index in [0.717, 1.165) is 12.8 Å². The van der Waals surface area contributed by atoms with E-state index in [4.69, 9.17) is 4.74 Å². The first kappa shape index (κ1) is 11.3. The molecule has 16 heavy (non-hydrogen) atoms. The summed E-state index contributed by atoms with van der Waals surface area (Å²) in [4.78, 5) is 7.65. The Morgan fingerprint density at radius 3 is 2.81 bits per heavy atom. The average molecular weight is 242 g/mol. The van der Waals surface area contributed by atoms with Crippen molar-refractivity contribution < 1.29 is 13.2 Å². The molecule has 88 valence electrons. The van der Waals surface area contributed by atoms with Crippen molar-refractivity contribution in [3.8, 4) is 5.75 Å².